The van der Waals surface area contributed by atoms with Gasteiger partial charge >= 0.3 is 6.09 Å². The number of pyridine rings is 1. The van der Waals surface area contributed by atoms with Crippen molar-refractivity contribution in [1.82, 2.24) is 9.88 Å². The Morgan fingerprint density at radius 3 is 2.73 bits per heavy atom. The molecule has 2 aromatic rings. The van der Waals surface area contributed by atoms with Gasteiger partial charge in [0.15, 0.2) is 5.54 Å². The summed E-state index contributed by atoms with van der Waals surface area (Å²) in [5, 5.41) is 2.53. The van der Waals surface area contributed by atoms with Crippen LogP contribution in [0.15, 0.2) is 39.9 Å². The minimum Gasteiger partial charge on any atom is -0.450 e. The van der Waals surface area contributed by atoms with Crippen LogP contribution in [0, 0.1) is 12.7 Å². The fourth-order valence-electron chi connectivity index (χ4n) is 3.50. The molecule has 0 fully saturated rings. The molecule has 1 aromatic carbocycles. The van der Waals surface area contributed by atoms with Gasteiger partial charge in [-0.05, 0) is 59.6 Å². The number of hydrogen-bond acceptors (Lipinski definition) is 6. The number of nitrogens with zero attached hydrogens (tertiary/aromatic N) is 3. The average molecular weight is 528 g/mol. The number of amides is 2. The first-order chi connectivity index (χ1) is 15.6. The summed E-state index contributed by atoms with van der Waals surface area (Å²) in [5.74, 6) is -1.88. The maximum absolute atomic E-state index is 14.8. The maximum Gasteiger partial charge on any atom is 0.410 e. The number of carbonyl (C=O) groups excluding carboxylic acids is 2. The highest BCUT2D eigenvalue weighted by Gasteiger charge is 2.49. The zero-order chi connectivity index (χ0) is 24.3. The molecule has 0 saturated heterocycles. The summed E-state index contributed by atoms with van der Waals surface area (Å²) < 4.78 is 49.1. The summed E-state index contributed by atoms with van der Waals surface area (Å²) in [6, 6.07) is 4.90. The zero-order valence-electron chi connectivity index (χ0n) is 17.7. The van der Waals surface area contributed by atoms with Crippen molar-refractivity contribution in [2.75, 3.05) is 25.0 Å². The van der Waals surface area contributed by atoms with E-state index in [1.807, 2.05) is 0 Å². The third-order valence-electron chi connectivity index (χ3n) is 4.97. The minimum absolute atomic E-state index is 0.0213. The van der Waals surface area contributed by atoms with Gasteiger partial charge in [0.25, 0.3) is 12.3 Å². The van der Waals surface area contributed by atoms with Gasteiger partial charge < -0.3 is 15.8 Å². The van der Waals surface area contributed by atoms with Crippen LogP contribution >= 0.6 is 15.9 Å². The van der Waals surface area contributed by atoms with Gasteiger partial charge in [-0.25, -0.2) is 22.9 Å². The number of anilines is 1. The molecule has 1 unspecified atom stereocenters. The van der Waals surface area contributed by atoms with Crippen molar-refractivity contribution < 1.29 is 27.5 Å². The summed E-state index contributed by atoms with van der Waals surface area (Å²) in [5.41, 5.74) is 3.47. The summed E-state index contributed by atoms with van der Waals surface area (Å²) >= 11 is 3.26. The third-order valence-corrected chi connectivity index (χ3v) is 5.40. The number of halogens is 4. The second kappa shape index (κ2) is 9.77. The molecule has 176 valence electrons. The van der Waals surface area contributed by atoms with Crippen molar-refractivity contribution in [2.45, 2.75) is 25.8 Å². The van der Waals surface area contributed by atoms with E-state index in [4.69, 9.17) is 10.5 Å². The molecule has 33 heavy (non-hydrogen) atoms. The Kier molecular flexibility index (Phi) is 7.25. The van der Waals surface area contributed by atoms with Gasteiger partial charge in [-0.15, -0.1) is 0 Å². The number of nitrogens with two attached hydrogens (primary N) is 1. The Balaban J connectivity index is 2.00. The van der Waals surface area contributed by atoms with Gasteiger partial charge in [-0.3, -0.25) is 14.7 Å². The number of aromatic nitrogens is 1. The number of nitrogens with one attached hydrogen (secondary N) is 1. The number of aliphatic imine (C=N–C) groups is 1. The average Bonchev–Trinajstić information content (AvgIpc) is 2.74. The predicted octanol–water partition coefficient (Wildman–Crippen LogP) is 3.83. The smallest absolute Gasteiger partial charge is 0.410 e. The van der Waals surface area contributed by atoms with Gasteiger partial charge in [0, 0.05) is 21.9 Å². The molecule has 0 spiro atoms. The number of hydrogen-bond donors (Lipinski definition) is 2. The van der Waals surface area contributed by atoms with Gasteiger partial charge in [-0.1, -0.05) is 0 Å². The molecule has 8 nitrogen and oxygen atoms in total. The van der Waals surface area contributed by atoms with E-state index in [1.54, 1.807) is 19.9 Å². The lowest BCUT2D eigenvalue weighted by Gasteiger charge is -2.38. The highest BCUT2D eigenvalue weighted by molar-refractivity contribution is 9.10. The molecule has 1 aromatic heterocycles. The Bertz CT molecular complexity index is 1110. The fraction of sp³-hybridized carbons (Fsp3) is 0.333. The van der Waals surface area contributed by atoms with Crippen molar-refractivity contribution >= 4 is 39.5 Å². The number of ether oxygens (including phenoxy) is 1. The van der Waals surface area contributed by atoms with Crippen LogP contribution in [0.1, 0.15) is 28.5 Å². The van der Waals surface area contributed by atoms with E-state index in [2.05, 4.69) is 31.2 Å². The van der Waals surface area contributed by atoms with E-state index in [-0.39, 0.29) is 30.4 Å². The Hall–Kier alpha value is -3.15. The molecule has 3 rings (SSSR count). The van der Waals surface area contributed by atoms with Crippen molar-refractivity contribution in [3.8, 4) is 0 Å². The summed E-state index contributed by atoms with van der Waals surface area (Å²) in [4.78, 5) is 33.7. The van der Waals surface area contributed by atoms with Crippen LogP contribution in [-0.4, -0.2) is 53.8 Å². The first-order valence-electron chi connectivity index (χ1n) is 9.85. The van der Waals surface area contributed by atoms with Crippen LogP contribution in [0.25, 0.3) is 0 Å². The largest absolute Gasteiger partial charge is 0.450 e. The lowest BCUT2D eigenvalue weighted by atomic mass is 9.88. The van der Waals surface area contributed by atoms with Crippen molar-refractivity contribution in [3.05, 3.63) is 57.6 Å². The molecule has 2 amide bonds. The van der Waals surface area contributed by atoms with Gasteiger partial charge in [0.2, 0.25) is 0 Å². The number of alkyl halides is 2. The molecule has 2 heterocycles. The van der Waals surface area contributed by atoms with Crippen LogP contribution < -0.4 is 11.1 Å². The van der Waals surface area contributed by atoms with Crippen molar-refractivity contribution in [3.63, 3.8) is 0 Å². The molecule has 0 radical (unpaired) electrons. The van der Waals surface area contributed by atoms with Crippen molar-refractivity contribution in [2.24, 2.45) is 10.7 Å². The summed E-state index contributed by atoms with van der Waals surface area (Å²) in [6.45, 7) is 2.37. The van der Waals surface area contributed by atoms with Gasteiger partial charge in [-0.2, -0.15) is 0 Å². The van der Waals surface area contributed by atoms with Crippen molar-refractivity contribution in [1.29, 1.82) is 0 Å². The standard InChI is InChI=1S/C21H21BrF3N5O3/c1-3-33-20(32)30-9-16(26)29-21(10-30,19(24)25)14-7-13(4-5-15(14)23)28-18(31)17-11(2)6-12(22)8-27-17/h4-8,19H,3,9-10H2,1-2H3,(H2,26,29)(H,28,31). The lowest BCUT2D eigenvalue weighted by Crippen LogP contribution is -2.55. The Labute approximate surface area is 196 Å². The molecular formula is C21H21BrF3N5O3. The molecule has 1 atom stereocenters. The summed E-state index contributed by atoms with van der Waals surface area (Å²) in [7, 11) is 0. The number of benzene rings is 1. The van der Waals surface area contributed by atoms with Crippen LogP contribution in [0.5, 0.6) is 0 Å². The van der Waals surface area contributed by atoms with Crippen LogP contribution in [0.4, 0.5) is 23.7 Å². The fourth-order valence-corrected chi connectivity index (χ4v) is 3.94. The monoisotopic (exact) mass is 527 g/mol. The second-order valence-electron chi connectivity index (χ2n) is 7.35. The third kappa shape index (κ3) is 5.10. The molecule has 12 heteroatoms. The predicted molar refractivity (Wildman–Crippen MR) is 119 cm³/mol. The molecular weight excluding hydrogens is 507 g/mol. The highest BCUT2D eigenvalue weighted by atomic mass is 79.9. The van der Waals surface area contributed by atoms with Gasteiger partial charge in [0.05, 0.1) is 19.7 Å². The summed E-state index contributed by atoms with van der Waals surface area (Å²) in [6.07, 6.45) is -2.65. The molecule has 1 aliphatic rings. The van der Waals surface area contributed by atoms with Crippen LogP contribution in [0.3, 0.4) is 0 Å². The van der Waals surface area contributed by atoms with E-state index in [0.717, 1.165) is 17.0 Å². The van der Waals surface area contributed by atoms with Crippen LogP contribution in [-0.2, 0) is 10.3 Å². The molecule has 0 saturated carbocycles. The second-order valence-corrected chi connectivity index (χ2v) is 8.27. The number of carbonyl (C=O) groups is 2. The molecule has 3 N–H and O–H groups in total. The minimum atomic E-state index is -3.22. The molecule has 0 bridgehead atoms. The normalized spacial score (nSPS) is 18.2. The molecule has 1 aliphatic heterocycles. The topological polar surface area (TPSA) is 110 Å². The van der Waals surface area contributed by atoms with E-state index < -0.39 is 41.9 Å². The molecule has 0 aliphatic carbocycles. The number of amidine groups is 1. The first kappa shape index (κ1) is 24.5. The SMILES string of the molecule is CCOC(=O)N1CC(N)=NC(c2cc(NC(=O)c3ncc(Br)cc3C)ccc2F)(C(F)F)C1. The van der Waals surface area contributed by atoms with Crippen LogP contribution in [0.2, 0.25) is 0 Å². The quantitative estimate of drug-likeness (QED) is 0.613. The zero-order valence-corrected chi connectivity index (χ0v) is 19.3. The van der Waals surface area contributed by atoms with E-state index >= 15 is 0 Å². The first-order valence-corrected chi connectivity index (χ1v) is 10.6. The maximum atomic E-state index is 14.8. The highest BCUT2D eigenvalue weighted by Crippen LogP contribution is 2.39. The van der Waals surface area contributed by atoms with E-state index in [1.165, 1.54) is 12.3 Å². The Morgan fingerprint density at radius 1 is 1.36 bits per heavy atom. The number of rotatable bonds is 5. The van der Waals surface area contributed by atoms with E-state index in [9.17, 15) is 22.8 Å². The Morgan fingerprint density at radius 2 is 2.09 bits per heavy atom. The van der Waals surface area contributed by atoms with Gasteiger partial charge in [0.1, 0.15) is 17.3 Å². The number of aryl methyl sites for hydroxylation is 1. The lowest BCUT2D eigenvalue weighted by molar-refractivity contribution is 0.0210. The van der Waals surface area contributed by atoms with E-state index in [0.29, 0.717) is 10.0 Å².